The number of hydrogen-bond donors (Lipinski definition) is 1. The van der Waals surface area contributed by atoms with Crippen LogP contribution in [0.15, 0.2) is 12.3 Å². The number of hydrogen-bond acceptors (Lipinski definition) is 2. The van der Waals surface area contributed by atoms with E-state index >= 15 is 0 Å². The molecule has 0 saturated carbocycles. The van der Waals surface area contributed by atoms with Crippen molar-refractivity contribution in [2.45, 2.75) is 12.2 Å². The summed E-state index contributed by atoms with van der Waals surface area (Å²) in [6, 6.07) is 1.24. The lowest BCUT2D eigenvalue weighted by atomic mass is 10.3. The normalized spacial score (nSPS) is 21.7. The highest BCUT2D eigenvalue weighted by atomic mass is 32.2. The average molecular weight is 228 g/mol. The van der Waals surface area contributed by atoms with E-state index in [9.17, 15) is 9.18 Å². The Balaban J connectivity index is 2.07. The third-order valence-electron chi connectivity index (χ3n) is 2.41. The van der Waals surface area contributed by atoms with Gasteiger partial charge in [0.05, 0.1) is 0 Å². The number of carbonyl (C=O) groups is 1. The van der Waals surface area contributed by atoms with Crippen LogP contribution in [-0.4, -0.2) is 39.9 Å². The van der Waals surface area contributed by atoms with Crippen LogP contribution in [0.3, 0.4) is 0 Å². The molecular weight excluding hydrogens is 215 g/mol. The molecule has 5 heteroatoms. The van der Waals surface area contributed by atoms with Crippen LogP contribution in [0.5, 0.6) is 0 Å². The maximum atomic E-state index is 12.7. The van der Waals surface area contributed by atoms with Crippen molar-refractivity contribution in [3.63, 3.8) is 0 Å². The van der Waals surface area contributed by atoms with E-state index in [0.717, 1.165) is 18.8 Å². The number of nitrogens with one attached hydrogen (secondary N) is 1. The molecule has 0 aliphatic carbocycles. The fourth-order valence-corrected chi connectivity index (χ4v) is 2.68. The monoisotopic (exact) mass is 228 g/mol. The number of nitrogens with zero attached hydrogens (tertiary/aromatic N) is 1. The van der Waals surface area contributed by atoms with Crippen LogP contribution in [0.1, 0.15) is 17.4 Å². The van der Waals surface area contributed by atoms with Gasteiger partial charge in [-0.05, 0) is 0 Å². The van der Waals surface area contributed by atoms with E-state index in [-0.39, 0.29) is 5.91 Å². The van der Waals surface area contributed by atoms with Crippen molar-refractivity contribution in [2.75, 3.05) is 18.8 Å². The molecule has 2 heterocycles. The molecule has 1 fully saturated rings. The molecule has 82 valence electrons. The van der Waals surface area contributed by atoms with Crippen LogP contribution in [0.2, 0.25) is 0 Å². The summed E-state index contributed by atoms with van der Waals surface area (Å²) >= 11 is 1.86. The molecule has 2 rings (SSSR count). The molecule has 1 aromatic heterocycles. The zero-order chi connectivity index (χ0) is 10.8. The van der Waals surface area contributed by atoms with Crippen molar-refractivity contribution in [3.8, 4) is 0 Å². The predicted octanol–water partition coefficient (Wildman–Crippen LogP) is 1.73. The van der Waals surface area contributed by atoms with Crippen molar-refractivity contribution in [3.05, 3.63) is 23.8 Å². The van der Waals surface area contributed by atoms with Crippen LogP contribution in [0.4, 0.5) is 4.39 Å². The summed E-state index contributed by atoms with van der Waals surface area (Å²) in [6.45, 7) is 3.58. The predicted molar refractivity (Wildman–Crippen MR) is 58.6 cm³/mol. The molecule has 3 nitrogen and oxygen atoms in total. The molecule has 1 atom stereocenters. The first kappa shape index (κ1) is 10.5. The van der Waals surface area contributed by atoms with Gasteiger partial charge in [0.25, 0.3) is 5.91 Å². The summed E-state index contributed by atoms with van der Waals surface area (Å²) in [5.41, 5.74) is 0.339. The van der Waals surface area contributed by atoms with Crippen molar-refractivity contribution in [1.29, 1.82) is 0 Å². The van der Waals surface area contributed by atoms with Crippen LogP contribution >= 0.6 is 11.8 Å². The number of halogens is 1. The lowest BCUT2D eigenvalue weighted by molar-refractivity contribution is 0.0758. The largest absolute Gasteiger partial charge is 0.355 e. The Kier molecular flexibility index (Phi) is 3.00. The van der Waals surface area contributed by atoms with Gasteiger partial charge in [-0.25, -0.2) is 4.39 Å². The molecule has 0 aromatic carbocycles. The SMILES string of the molecule is CC1CN(C(=O)c2cc(F)c[nH]2)CCS1. The van der Waals surface area contributed by atoms with E-state index in [2.05, 4.69) is 11.9 Å². The molecule has 1 aromatic rings. The van der Waals surface area contributed by atoms with Gasteiger partial charge in [0.2, 0.25) is 0 Å². The second-order valence-corrected chi connectivity index (χ2v) is 5.21. The third-order valence-corrected chi connectivity index (χ3v) is 3.54. The zero-order valence-electron chi connectivity index (χ0n) is 8.50. The molecule has 1 aliphatic heterocycles. The third kappa shape index (κ3) is 2.34. The number of aromatic amines is 1. The van der Waals surface area contributed by atoms with Gasteiger partial charge < -0.3 is 9.88 Å². The van der Waals surface area contributed by atoms with E-state index in [1.54, 1.807) is 4.90 Å². The molecule has 1 saturated heterocycles. The van der Waals surface area contributed by atoms with Gasteiger partial charge in [0.1, 0.15) is 11.5 Å². The summed E-state index contributed by atoms with van der Waals surface area (Å²) < 4.78 is 12.7. The van der Waals surface area contributed by atoms with Crippen LogP contribution in [0.25, 0.3) is 0 Å². The molecular formula is C10H13FN2OS. The summed E-state index contributed by atoms with van der Waals surface area (Å²) in [5, 5.41) is 0.461. The molecule has 0 radical (unpaired) electrons. The summed E-state index contributed by atoms with van der Waals surface area (Å²) in [6.07, 6.45) is 1.20. The minimum Gasteiger partial charge on any atom is -0.355 e. The Hall–Kier alpha value is -0.970. The Morgan fingerprint density at radius 3 is 3.13 bits per heavy atom. The summed E-state index contributed by atoms with van der Waals surface area (Å²) in [7, 11) is 0. The molecule has 1 amide bonds. The smallest absolute Gasteiger partial charge is 0.270 e. The maximum absolute atomic E-state index is 12.7. The lowest BCUT2D eigenvalue weighted by Crippen LogP contribution is -2.41. The zero-order valence-corrected chi connectivity index (χ0v) is 9.31. The lowest BCUT2D eigenvalue weighted by Gasteiger charge is -2.30. The maximum Gasteiger partial charge on any atom is 0.270 e. The van der Waals surface area contributed by atoms with Gasteiger partial charge in [-0.3, -0.25) is 4.79 Å². The van der Waals surface area contributed by atoms with Crippen LogP contribution in [-0.2, 0) is 0 Å². The highest BCUT2D eigenvalue weighted by Crippen LogP contribution is 2.19. The second-order valence-electron chi connectivity index (χ2n) is 3.66. The Morgan fingerprint density at radius 2 is 2.53 bits per heavy atom. The molecule has 15 heavy (non-hydrogen) atoms. The average Bonchev–Trinajstić information content (AvgIpc) is 2.64. The Labute approximate surface area is 92.0 Å². The first-order valence-corrected chi connectivity index (χ1v) is 5.96. The summed E-state index contributed by atoms with van der Waals surface area (Å²) in [4.78, 5) is 16.3. The van der Waals surface area contributed by atoms with Gasteiger partial charge >= 0.3 is 0 Å². The van der Waals surface area contributed by atoms with E-state index in [4.69, 9.17) is 0 Å². The van der Waals surface area contributed by atoms with Crippen molar-refractivity contribution >= 4 is 17.7 Å². The number of amides is 1. The van der Waals surface area contributed by atoms with E-state index in [1.807, 2.05) is 11.8 Å². The Bertz CT molecular complexity index is 366. The van der Waals surface area contributed by atoms with Crippen molar-refractivity contribution < 1.29 is 9.18 Å². The standard InChI is InChI=1S/C10H13FN2OS/c1-7-6-13(2-3-15-7)10(14)9-4-8(11)5-12-9/h4-5,7,12H,2-3,6H2,1H3. The molecule has 0 bridgehead atoms. The molecule has 1 N–H and O–H groups in total. The first-order valence-electron chi connectivity index (χ1n) is 4.91. The van der Waals surface area contributed by atoms with E-state index in [1.165, 1.54) is 12.3 Å². The number of carbonyl (C=O) groups excluding carboxylic acids is 1. The van der Waals surface area contributed by atoms with Crippen LogP contribution in [0, 0.1) is 5.82 Å². The van der Waals surface area contributed by atoms with E-state index < -0.39 is 5.82 Å². The summed E-state index contributed by atoms with van der Waals surface area (Å²) in [5.74, 6) is 0.458. The number of aromatic nitrogens is 1. The van der Waals surface area contributed by atoms with Gasteiger partial charge in [-0.2, -0.15) is 11.8 Å². The van der Waals surface area contributed by atoms with Gasteiger partial charge in [-0.1, -0.05) is 6.92 Å². The molecule has 1 unspecified atom stereocenters. The highest BCUT2D eigenvalue weighted by molar-refractivity contribution is 7.99. The van der Waals surface area contributed by atoms with Gasteiger partial charge in [0.15, 0.2) is 0 Å². The van der Waals surface area contributed by atoms with Crippen LogP contribution < -0.4 is 0 Å². The van der Waals surface area contributed by atoms with Crippen molar-refractivity contribution in [1.82, 2.24) is 9.88 Å². The fourth-order valence-electron chi connectivity index (χ4n) is 1.66. The second kappa shape index (κ2) is 4.26. The van der Waals surface area contributed by atoms with Gasteiger partial charge in [0, 0.05) is 36.4 Å². The van der Waals surface area contributed by atoms with Crippen molar-refractivity contribution in [2.24, 2.45) is 0 Å². The molecule has 1 aliphatic rings. The topological polar surface area (TPSA) is 36.1 Å². The minimum absolute atomic E-state index is 0.106. The quantitative estimate of drug-likeness (QED) is 0.794. The number of rotatable bonds is 1. The highest BCUT2D eigenvalue weighted by Gasteiger charge is 2.23. The Morgan fingerprint density at radius 1 is 1.73 bits per heavy atom. The fraction of sp³-hybridized carbons (Fsp3) is 0.500. The number of H-pyrrole nitrogens is 1. The van der Waals surface area contributed by atoms with Gasteiger partial charge in [-0.15, -0.1) is 0 Å². The first-order chi connectivity index (χ1) is 7.16. The van der Waals surface area contributed by atoms with E-state index in [0.29, 0.717) is 10.9 Å². The number of thioether (sulfide) groups is 1. The minimum atomic E-state index is -0.391. The molecule has 0 spiro atoms.